The van der Waals surface area contributed by atoms with Gasteiger partial charge in [0.15, 0.2) is 0 Å². The molecule has 3 fully saturated rings. The van der Waals surface area contributed by atoms with E-state index in [0.717, 1.165) is 17.8 Å². The molecule has 3 rings (SSSR count). The Bertz CT molecular complexity index is 232. The Labute approximate surface area is 99.9 Å². The summed E-state index contributed by atoms with van der Waals surface area (Å²) in [6.45, 7) is 2.45. The summed E-state index contributed by atoms with van der Waals surface area (Å²) in [5.41, 5.74) is 0. The van der Waals surface area contributed by atoms with Crippen LogP contribution in [-0.2, 0) is 4.74 Å². The van der Waals surface area contributed by atoms with E-state index in [1.54, 1.807) is 0 Å². The van der Waals surface area contributed by atoms with E-state index in [1.807, 2.05) is 0 Å². The first kappa shape index (κ1) is 11.1. The number of ether oxygens (including phenoxy) is 1. The Morgan fingerprint density at radius 3 is 2.50 bits per heavy atom. The van der Waals surface area contributed by atoms with Crippen LogP contribution in [0.3, 0.4) is 0 Å². The first-order valence-electron chi connectivity index (χ1n) is 7.48. The summed E-state index contributed by atoms with van der Waals surface area (Å²) in [4.78, 5) is 0. The normalized spacial score (nSPS) is 44.1. The minimum Gasteiger partial charge on any atom is -0.370 e. The SMILES string of the molecule is CC1CC2OC2CC1CCC1CCCCC1. The highest BCUT2D eigenvalue weighted by Gasteiger charge is 2.46. The zero-order valence-electron chi connectivity index (χ0n) is 10.7. The quantitative estimate of drug-likeness (QED) is 0.653. The maximum Gasteiger partial charge on any atom is 0.0844 e. The van der Waals surface area contributed by atoms with Crippen molar-refractivity contribution >= 4 is 0 Å². The molecule has 1 heterocycles. The molecule has 0 aromatic rings. The molecule has 1 aliphatic heterocycles. The van der Waals surface area contributed by atoms with Crippen LogP contribution in [0.4, 0.5) is 0 Å². The van der Waals surface area contributed by atoms with E-state index in [9.17, 15) is 0 Å². The molecule has 0 radical (unpaired) electrons. The van der Waals surface area contributed by atoms with Gasteiger partial charge in [-0.1, -0.05) is 45.4 Å². The highest BCUT2D eigenvalue weighted by atomic mass is 16.6. The first-order valence-corrected chi connectivity index (χ1v) is 7.48. The van der Waals surface area contributed by atoms with Gasteiger partial charge in [0.05, 0.1) is 12.2 Å². The second-order valence-corrected chi connectivity index (χ2v) is 6.50. The number of hydrogen-bond acceptors (Lipinski definition) is 1. The topological polar surface area (TPSA) is 12.5 Å². The van der Waals surface area contributed by atoms with Crippen LogP contribution in [0.1, 0.15) is 64.7 Å². The van der Waals surface area contributed by atoms with Crippen molar-refractivity contribution in [2.24, 2.45) is 17.8 Å². The Morgan fingerprint density at radius 1 is 0.938 bits per heavy atom. The molecule has 4 atom stereocenters. The predicted octanol–water partition coefficient (Wildman–Crippen LogP) is 4.16. The lowest BCUT2D eigenvalue weighted by Crippen LogP contribution is -2.23. The van der Waals surface area contributed by atoms with Crippen LogP contribution < -0.4 is 0 Å². The van der Waals surface area contributed by atoms with E-state index in [4.69, 9.17) is 4.74 Å². The molecule has 0 spiro atoms. The molecule has 1 heteroatoms. The molecule has 1 nitrogen and oxygen atoms in total. The van der Waals surface area contributed by atoms with Crippen molar-refractivity contribution in [3.63, 3.8) is 0 Å². The van der Waals surface area contributed by atoms with Crippen molar-refractivity contribution in [1.82, 2.24) is 0 Å². The molecule has 0 amide bonds. The molecule has 2 saturated carbocycles. The van der Waals surface area contributed by atoms with Gasteiger partial charge in [-0.15, -0.1) is 0 Å². The summed E-state index contributed by atoms with van der Waals surface area (Å²) in [7, 11) is 0. The zero-order chi connectivity index (χ0) is 11.0. The Balaban J connectivity index is 1.43. The maximum absolute atomic E-state index is 5.67. The van der Waals surface area contributed by atoms with Crippen molar-refractivity contribution in [3.8, 4) is 0 Å². The fourth-order valence-electron chi connectivity index (χ4n) is 4.01. The lowest BCUT2D eigenvalue weighted by Gasteiger charge is -2.29. The van der Waals surface area contributed by atoms with Crippen LogP contribution in [-0.4, -0.2) is 12.2 Å². The van der Waals surface area contributed by atoms with Crippen LogP contribution in [0, 0.1) is 17.8 Å². The third kappa shape index (κ3) is 2.45. The van der Waals surface area contributed by atoms with Crippen molar-refractivity contribution in [3.05, 3.63) is 0 Å². The number of fused-ring (bicyclic) bond motifs is 1. The molecule has 0 aromatic heterocycles. The van der Waals surface area contributed by atoms with Gasteiger partial charge in [-0.2, -0.15) is 0 Å². The average molecular weight is 222 g/mol. The summed E-state index contributed by atoms with van der Waals surface area (Å²) >= 11 is 0. The van der Waals surface area contributed by atoms with Crippen LogP contribution in [0.5, 0.6) is 0 Å². The van der Waals surface area contributed by atoms with E-state index in [1.165, 1.54) is 57.8 Å². The smallest absolute Gasteiger partial charge is 0.0844 e. The number of hydrogen-bond donors (Lipinski definition) is 0. The molecule has 1 saturated heterocycles. The van der Waals surface area contributed by atoms with Gasteiger partial charge < -0.3 is 4.74 Å². The Kier molecular flexibility index (Phi) is 3.24. The van der Waals surface area contributed by atoms with Gasteiger partial charge in [0, 0.05) is 0 Å². The molecule has 0 N–H and O–H groups in total. The predicted molar refractivity (Wildman–Crippen MR) is 66.4 cm³/mol. The van der Waals surface area contributed by atoms with Gasteiger partial charge in [0.2, 0.25) is 0 Å². The maximum atomic E-state index is 5.67. The largest absolute Gasteiger partial charge is 0.370 e. The standard InChI is InChI=1S/C15H26O/c1-11-9-14-15(16-14)10-13(11)8-7-12-5-3-2-4-6-12/h11-15H,2-10H2,1H3. The molecular formula is C15H26O. The van der Waals surface area contributed by atoms with Gasteiger partial charge >= 0.3 is 0 Å². The lowest BCUT2D eigenvalue weighted by molar-refractivity contribution is 0.232. The van der Waals surface area contributed by atoms with Crippen LogP contribution in [0.2, 0.25) is 0 Å². The second-order valence-electron chi connectivity index (χ2n) is 6.50. The molecule has 4 unspecified atom stereocenters. The number of rotatable bonds is 3. The molecule has 2 aliphatic carbocycles. The van der Waals surface area contributed by atoms with Gasteiger partial charge in [0.1, 0.15) is 0 Å². The average Bonchev–Trinajstić information content (AvgIpc) is 3.05. The highest BCUT2D eigenvalue weighted by molar-refractivity contribution is 4.94. The van der Waals surface area contributed by atoms with Gasteiger partial charge in [-0.3, -0.25) is 0 Å². The summed E-state index contributed by atoms with van der Waals surface area (Å²) in [6.07, 6.45) is 14.6. The summed E-state index contributed by atoms with van der Waals surface area (Å²) in [5.74, 6) is 2.97. The minimum atomic E-state index is 0.668. The van der Waals surface area contributed by atoms with Crippen LogP contribution in [0.25, 0.3) is 0 Å². The van der Waals surface area contributed by atoms with Gasteiger partial charge in [0.25, 0.3) is 0 Å². The summed E-state index contributed by atoms with van der Waals surface area (Å²) in [5, 5.41) is 0. The second kappa shape index (κ2) is 4.68. The fourth-order valence-corrected chi connectivity index (χ4v) is 4.01. The minimum absolute atomic E-state index is 0.668. The Hall–Kier alpha value is -0.0400. The highest BCUT2D eigenvalue weighted by Crippen LogP contribution is 2.45. The van der Waals surface area contributed by atoms with Gasteiger partial charge in [-0.05, 0) is 37.0 Å². The van der Waals surface area contributed by atoms with Crippen molar-refractivity contribution in [2.75, 3.05) is 0 Å². The van der Waals surface area contributed by atoms with Crippen LogP contribution in [0.15, 0.2) is 0 Å². The molecule has 3 aliphatic rings. The molecular weight excluding hydrogens is 196 g/mol. The van der Waals surface area contributed by atoms with E-state index >= 15 is 0 Å². The molecule has 16 heavy (non-hydrogen) atoms. The van der Waals surface area contributed by atoms with Crippen molar-refractivity contribution in [1.29, 1.82) is 0 Å². The third-order valence-corrected chi connectivity index (χ3v) is 5.30. The zero-order valence-corrected chi connectivity index (χ0v) is 10.7. The molecule has 0 aromatic carbocycles. The van der Waals surface area contributed by atoms with Crippen molar-refractivity contribution < 1.29 is 4.74 Å². The van der Waals surface area contributed by atoms with Crippen molar-refractivity contribution in [2.45, 2.75) is 76.9 Å². The van der Waals surface area contributed by atoms with E-state index < -0.39 is 0 Å². The number of epoxide rings is 1. The Morgan fingerprint density at radius 2 is 1.69 bits per heavy atom. The lowest BCUT2D eigenvalue weighted by atomic mass is 9.75. The van der Waals surface area contributed by atoms with E-state index in [2.05, 4.69) is 6.92 Å². The van der Waals surface area contributed by atoms with E-state index in [-0.39, 0.29) is 0 Å². The summed E-state index contributed by atoms with van der Waals surface area (Å²) in [6, 6.07) is 0. The molecule has 0 bridgehead atoms. The summed E-state index contributed by atoms with van der Waals surface area (Å²) < 4.78 is 5.67. The molecule has 92 valence electrons. The monoisotopic (exact) mass is 222 g/mol. The third-order valence-electron chi connectivity index (χ3n) is 5.30. The van der Waals surface area contributed by atoms with E-state index in [0.29, 0.717) is 12.2 Å². The van der Waals surface area contributed by atoms with Gasteiger partial charge in [-0.25, -0.2) is 0 Å². The first-order chi connectivity index (χ1) is 7.83. The fraction of sp³-hybridized carbons (Fsp3) is 1.00. The van der Waals surface area contributed by atoms with Crippen LogP contribution >= 0.6 is 0 Å².